The molecule has 5 aromatic carbocycles. The Morgan fingerprint density at radius 3 is 1.39 bits per heavy atom. The van der Waals surface area contributed by atoms with Gasteiger partial charge in [0.1, 0.15) is 49.4 Å². The molecule has 0 aliphatic rings. The molecule has 49 heavy (non-hydrogen) atoms. The first-order valence-corrected chi connectivity index (χ1v) is 16.7. The third-order valence-electron chi connectivity index (χ3n) is 7.93. The summed E-state index contributed by atoms with van der Waals surface area (Å²) in [4.78, 5) is 24.7. The lowest BCUT2D eigenvalue weighted by atomic mass is 9.99. The summed E-state index contributed by atoms with van der Waals surface area (Å²) in [5.41, 5.74) is 3.18. The maximum Gasteiger partial charge on any atom is 0.306 e. The minimum atomic E-state index is -0.648. The molecule has 0 spiro atoms. The third-order valence-corrected chi connectivity index (χ3v) is 7.93. The zero-order valence-electron chi connectivity index (χ0n) is 28.8. The van der Waals surface area contributed by atoms with Crippen LogP contribution in [0.15, 0.2) is 91.0 Å². The van der Waals surface area contributed by atoms with Crippen LogP contribution in [0.4, 0.5) is 0 Å². The van der Waals surface area contributed by atoms with Crippen molar-refractivity contribution in [1.29, 1.82) is 0 Å². The maximum absolute atomic E-state index is 12.4. The van der Waals surface area contributed by atoms with E-state index >= 15 is 0 Å². The molecule has 0 amide bonds. The van der Waals surface area contributed by atoms with Gasteiger partial charge in [-0.2, -0.15) is 0 Å². The number of ether oxygens (including phenoxy) is 6. The molecule has 5 aromatic rings. The van der Waals surface area contributed by atoms with E-state index in [1.807, 2.05) is 106 Å². The quantitative estimate of drug-likeness (QED) is 0.0767. The molecule has 0 radical (unpaired) electrons. The number of hydrogen-bond acceptors (Lipinski definition) is 8. The fraction of sp³-hybridized carbons (Fsp3) is 0.317. The maximum atomic E-state index is 12.4. The Kier molecular flexibility index (Phi) is 12.0. The Bertz CT molecular complexity index is 1900. The highest BCUT2D eigenvalue weighted by Gasteiger charge is 2.22. The minimum absolute atomic E-state index is 0.0794. The van der Waals surface area contributed by atoms with Crippen molar-refractivity contribution in [1.82, 2.24) is 0 Å². The van der Waals surface area contributed by atoms with Crippen LogP contribution >= 0.6 is 0 Å². The predicted octanol–water partition coefficient (Wildman–Crippen LogP) is 8.48. The van der Waals surface area contributed by atoms with Crippen LogP contribution in [0.2, 0.25) is 0 Å². The van der Waals surface area contributed by atoms with Gasteiger partial charge in [0.25, 0.3) is 0 Å². The average molecular weight is 665 g/mol. The number of carbonyl (C=O) groups is 2. The minimum Gasteiger partial charge on any atom is -0.490 e. The SMILES string of the molecule is CCC(=O)OC(COc1cccc(C)c1)COc1c2ccccc2c(OCC(COc2cccc(C)c2)OC(=O)CC)c2cc(C)ccc12. The fourth-order valence-corrected chi connectivity index (χ4v) is 5.44. The molecule has 0 heterocycles. The number of carbonyl (C=O) groups excluding carboxylic acids is 2. The normalized spacial score (nSPS) is 12.3. The summed E-state index contributed by atoms with van der Waals surface area (Å²) < 4.78 is 36.6. The van der Waals surface area contributed by atoms with Crippen molar-refractivity contribution in [2.24, 2.45) is 0 Å². The van der Waals surface area contributed by atoms with E-state index < -0.39 is 12.2 Å². The first-order chi connectivity index (χ1) is 23.7. The summed E-state index contributed by atoms with van der Waals surface area (Å²) in [7, 11) is 0. The third kappa shape index (κ3) is 9.44. The molecule has 0 saturated heterocycles. The molecule has 8 nitrogen and oxygen atoms in total. The number of esters is 2. The Hall–Kier alpha value is -5.24. The largest absolute Gasteiger partial charge is 0.490 e. The average Bonchev–Trinajstić information content (AvgIpc) is 3.10. The first kappa shape index (κ1) is 35.1. The fourth-order valence-electron chi connectivity index (χ4n) is 5.44. The van der Waals surface area contributed by atoms with Crippen molar-refractivity contribution in [2.75, 3.05) is 26.4 Å². The lowest BCUT2D eigenvalue weighted by Crippen LogP contribution is -2.31. The van der Waals surface area contributed by atoms with E-state index in [0.29, 0.717) is 23.0 Å². The van der Waals surface area contributed by atoms with Crippen LogP contribution in [0.3, 0.4) is 0 Å². The van der Waals surface area contributed by atoms with Gasteiger partial charge < -0.3 is 28.4 Å². The molecule has 0 bridgehead atoms. The summed E-state index contributed by atoms with van der Waals surface area (Å²) in [5, 5.41) is 3.32. The van der Waals surface area contributed by atoms with Crippen molar-refractivity contribution in [2.45, 2.75) is 59.7 Å². The van der Waals surface area contributed by atoms with E-state index in [2.05, 4.69) is 6.07 Å². The second-order valence-electron chi connectivity index (χ2n) is 12.1. The van der Waals surface area contributed by atoms with Crippen molar-refractivity contribution in [3.63, 3.8) is 0 Å². The van der Waals surface area contributed by atoms with Crippen LogP contribution in [-0.2, 0) is 19.1 Å². The van der Waals surface area contributed by atoms with E-state index in [1.54, 1.807) is 13.8 Å². The summed E-state index contributed by atoms with van der Waals surface area (Å²) in [5.74, 6) is 2.00. The predicted molar refractivity (Wildman–Crippen MR) is 191 cm³/mol. The van der Waals surface area contributed by atoms with Crippen LogP contribution in [-0.4, -0.2) is 50.6 Å². The molecule has 0 aliphatic carbocycles. The van der Waals surface area contributed by atoms with Crippen molar-refractivity contribution < 1.29 is 38.0 Å². The van der Waals surface area contributed by atoms with Gasteiger partial charge in [-0.1, -0.05) is 80.1 Å². The van der Waals surface area contributed by atoms with Crippen LogP contribution in [0.5, 0.6) is 23.0 Å². The Morgan fingerprint density at radius 2 is 0.918 bits per heavy atom. The van der Waals surface area contributed by atoms with E-state index in [1.165, 1.54) is 0 Å². The molecular weight excluding hydrogens is 620 g/mol. The van der Waals surface area contributed by atoms with Gasteiger partial charge in [-0.3, -0.25) is 9.59 Å². The molecule has 0 N–H and O–H groups in total. The van der Waals surface area contributed by atoms with E-state index in [-0.39, 0.29) is 51.2 Å². The number of rotatable bonds is 16. The topological polar surface area (TPSA) is 89.5 Å². The van der Waals surface area contributed by atoms with Gasteiger partial charge in [-0.15, -0.1) is 0 Å². The van der Waals surface area contributed by atoms with Gasteiger partial charge in [0, 0.05) is 34.4 Å². The zero-order chi connectivity index (χ0) is 34.8. The lowest BCUT2D eigenvalue weighted by molar-refractivity contribution is -0.152. The standard InChI is InChI=1S/C41H44O8/c1-6-38(42)48-32(23-44-30-14-10-12-27(3)20-30)25-46-40-34-16-8-9-17-35(34)41(37-22-29(5)18-19-36(37)40)47-26-33(49-39(43)7-2)24-45-31-15-11-13-28(4)21-31/h8-22,32-33H,6-7,23-26H2,1-5H3. The van der Waals surface area contributed by atoms with E-state index in [4.69, 9.17) is 28.4 Å². The number of hydrogen-bond donors (Lipinski definition) is 0. The van der Waals surface area contributed by atoms with Gasteiger partial charge in [-0.05, 0) is 62.2 Å². The summed E-state index contributed by atoms with van der Waals surface area (Å²) in [6.45, 7) is 9.94. The van der Waals surface area contributed by atoms with E-state index in [9.17, 15) is 9.59 Å². The molecule has 0 fully saturated rings. The first-order valence-electron chi connectivity index (χ1n) is 16.7. The highest BCUT2D eigenvalue weighted by atomic mass is 16.6. The second kappa shape index (κ2) is 16.7. The van der Waals surface area contributed by atoms with Crippen molar-refractivity contribution >= 4 is 33.5 Å². The van der Waals surface area contributed by atoms with Gasteiger partial charge in [0.2, 0.25) is 0 Å². The van der Waals surface area contributed by atoms with Crippen LogP contribution in [0.25, 0.3) is 21.5 Å². The van der Waals surface area contributed by atoms with Crippen molar-refractivity contribution in [3.05, 3.63) is 108 Å². The Labute approximate surface area is 287 Å². The molecule has 0 saturated carbocycles. The van der Waals surface area contributed by atoms with Crippen LogP contribution in [0, 0.1) is 20.8 Å². The molecule has 0 aliphatic heterocycles. The van der Waals surface area contributed by atoms with Gasteiger partial charge >= 0.3 is 11.9 Å². The van der Waals surface area contributed by atoms with Crippen LogP contribution in [0.1, 0.15) is 43.4 Å². The van der Waals surface area contributed by atoms with Gasteiger partial charge in [-0.25, -0.2) is 0 Å². The van der Waals surface area contributed by atoms with Crippen molar-refractivity contribution in [3.8, 4) is 23.0 Å². The molecule has 0 aromatic heterocycles. The highest BCUT2D eigenvalue weighted by Crippen LogP contribution is 2.43. The Balaban J connectivity index is 1.43. The zero-order valence-corrected chi connectivity index (χ0v) is 28.8. The number of fused-ring (bicyclic) bond motifs is 2. The summed E-state index contributed by atoms with van der Waals surface area (Å²) in [6, 6.07) is 29.4. The number of aryl methyl sites for hydroxylation is 3. The second-order valence-corrected chi connectivity index (χ2v) is 12.1. The number of benzene rings is 5. The van der Waals surface area contributed by atoms with E-state index in [0.717, 1.165) is 38.2 Å². The molecule has 2 atom stereocenters. The molecule has 2 unspecified atom stereocenters. The molecule has 5 rings (SSSR count). The van der Waals surface area contributed by atoms with Gasteiger partial charge in [0.05, 0.1) is 0 Å². The Morgan fingerprint density at radius 1 is 0.490 bits per heavy atom. The summed E-state index contributed by atoms with van der Waals surface area (Å²) >= 11 is 0. The molecule has 256 valence electrons. The summed E-state index contributed by atoms with van der Waals surface area (Å²) in [6.07, 6.45) is -0.818. The molecule has 8 heteroatoms. The smallest absolute Gasteiger partial charge is 0.306 e. The lowest BCUT2D eigenvalue weighted by Gasteiger charge is -2.23. The molecular formula is C41H44O8. The van der Waals surface area contributed by atoms with Crippen LogP contribution < -0.4 is 18.9 Å². The monoisotopic (exact) mass is 664 g/mol. The van der Waals surface area contributed by atoms with Gasteiger partial charge in [0.15, 0.2) is 12.2 Å². The highest BCUT2D eigenvalue weighted by molar-refractivity contribution is 6.11.